The summed E-state index contributed by atoms with van der Waals surface area (Å²) in [6.45, 7) is 0.694. The molecule has 2 saturated heterocycles. The fourth-order valence-electron chi connectivity index (χ4n) is 4.48. The van der Waals surface area contributed by atoms with Crippen molar-refractivity contribution in [2.45, 2.75) is 36.6 Å². The average Bonchev–Trinajstić information content (AvgIpc) is 3.27. The lowest BCUT2D eigenvalue weighted by atomic mass is 10.1. The molecule has 32 heavy (non-hydrogen) atoms. The maximum absolute atomic E-state index is 12.4. The first kappa shape index (κ1) is 21.1. The van der Waals surface area contributed by atoms with Crippen molar-refractivity contribution in [3.8, 4) is 11.4 Å². The fraction of sp³-hybridized carbons (Fsp3) is 0.476. The van der Waals surface area contributed by atoms with Crippen LogP contribution in [0.15, 0.2) is 24.3 Å². The highest BCUT2D eigenvalue weighted by atomic mass is 32.2. The van der Waals surface area contributed by atoms with Gasteiger partial charge in [-0.1, -0.05) is 0 Å². The summed E-state index contributed by atoms with van der Waals surface area (Å²) < 4.78 is 42.8. The minimum absolute atomic E-state index is 0.0402. The van der Waals surface area contributed by atoms with Crippen molar-refractivity contribution in [1.29, 1.82) is 0 Å². The van der Waals surface area contributed by atoms with E-state index in [1.54, 1.807) is 24.3 Å². The van der Waals surface area contributed by atoms with Crippen molar-refractivity contribution in [3.05, 3.63) is 35.5 Å². The Morgan fingerprint density at radius 1 is 1.12 bits per heavy atom. The summed E-state index contributed by atoms with van der Waals surface area (Å²) in [5.74, 6) is 1.000. The first-order valence-corrected chi connectivity index (χ1v) is 12.4. The van der Waals surface area contributed by atoms with Crippen LogP contribution >= 0.6 is 0 Å². The van der Waals surface area contributed by atoms with Crippen LogP contribution in [0.4, 0.5) is 20.7 Å². The third-order valence-electron chi connectivity index (χ3n) is 5.92. The molecule has 11 heteroatoms. The third kappa shape index (κ3) is 4.26. The summed E-state index contributed by atoms with van der Waals surface area (Å²) >= 11 is 0. The molecule has 3 aliphatic heterocycles. The normalized spacial score (nSPS) is 23.1. The summed E-state index contributed by atoms with van der Waals surface area (Å²) in [4.78, 5) is 23.2. The molecule has 4 heterocycles. The molecule has 2 N–H and O–H groups in total. The number of hydrogen-bond donors (Lipinski definition) is 2. The number of fused-ring (bicyclic) bond motifs is 3. The van der Waals surface area contributed by atoms with E-state index in [1.165, 1.54) is 0 Å². The first-order valence-electron chi connectivity index (χ1n) is 10.6. The van der Waals surface area contributed by atoms with Crippen LogP contribution in [0.5, 0.6) is 0 Å². The molecule has 1 aromatic carbocycles. The van der Waals surface area contributed by atoms with Gasteiger partial charge in [0.2, 0.25) is 0 Å². The average molecular weight is 462 g/mol. The topological polar surface area (TPSA) is 114 Å². The number of halogens is 1. The van der Waals surface area contributed by atoms with Crippen molar-refractivity contribution < 1.29 is 22.3 Å². The van der Waals surface area contributed by atoms with E-state index < -0.39 is 22.5 Å². The number of amides is 2. The number of aromatic nitrogens is 2. The quantitative estimate of drug-likeness (QED) is 0.700. The molecule has 9 nitrogen and oxygen atoms in total. The van der Waals surface area contributed by atoms with Crippen molar-refractivity contribution in [1.82, 2.24) is 15.3 Å². The Kier molecular flexibility index (Phi) is 5.46. The number of anilines is 2. The first-order chi connectivity index (χ1) is 15.4. The lowest BCUT2D eigenvalue weighted by Gasteiger charge is -2.34. The monoisotopic (exact) mass is 461 g/mol. The zero-order valence-corrected chi connectivity index (χ0v) is 18.2. The Morgan fingerprint density at radius 3 is 2.53 bits per heavy atom. The van der Waals surface area contributed by atoms with Gasteiger partial charge in [0, 0.05) is 36.4 Å². The predicted molar refractivity (Wildman–Crippen MR) is 117 cm³/mol. The number of sulfone groups is 1. The Balaban J connectivity index is 1.44. The summed E-state index contributed by atoms with van der Waals surface area (Å²) in [6.07, 6.45) is 2.31. The number of alkyl halides is 1. The van der Waals surface area contributed by atoms with Gasteiger partial charge in [-0.2, -0.15) is 0 Å². The van der Waals surface area contributed by atoms with Gasteiger partial charge in [-0.05, 0) is 37.1 Å². The largest absolute Gasteiger partial charge is 0.371 e. The van der Waals surface area contributed by atoms with Crippen molar-refractivity contribution >= 4 is 27.4 Å². The standard InChI is InChI=1S/C21H24FN5O4S/c22-7-8-23-21(28)24-14-3-1-13(2-4-14)19-25-18-12-32(29,30)11-17(18)20(26-19)27-9-15-5-6-16(10-27)31-15/h1-4,15-16H,5-12H2,(H2,23,24,28). The Labute approximate surface area is 185 Å². The highest BCUT2D eigenvalue weighted by molar-refractivity contribution is 7.90. The molecule has 0 spiro atoms. The molecule has 2 unspecified atom stereocenters. The van der Waals surface area contributed by atoms with Crippen LogP contribution in [-0.2, 0) is 26.1 Å². The van der Waals surface area contributed by atoms with Gasteiger partial charge in [-0.3, -0.25) is 0 Å². The molecular formula is C21H24FN5O4S. The van der Waals surface area contributed by atoms with E-state index in [-0.39, 0.29) is 30.3 Å². The Hall–Kier alpha value is -2.79. The summed E-state index contributed by atoms with van der Waals surface area (Å²) in [7, 11) is -3.25. The fourth-order valence-corrected chi connectivity index (χ4v) is 5.97. The second-order valence-electron chi connectivity index (χ2n) is 8.34. The van der Waals surface area contributed by atoms with Gasteiger partial charge in [0.15, 0.2) is 15.7 Å². The van der Waals surface area contributed by atoms with E-state index in [0.29, 0.717) is 47.2 Å². The van der Waals surface area contributed by atoms with Gasteiger partial charge in [0.25, 0.3) is 0 Å². The van der Waals surface area contributed by atoms with Crippen molar-refractivity contribution in [3.63, 3.8) is 0 Å². The van der Waals surface area contributed by atoms with Crippen LogP contribution in [0.2, 0.25) is 0 Å². The summed E-state index contributed by atoms with van der Waals surface area (Å²) in [5, 5.41) is 5.03. The SMILES string of the molecule is O=C(NCCF)Nc1ccc(-c2nc3c(c(N4CC5CCC(C4)O5)n2)CS(=O)(=O)C3)cc1. The smallest absolute Gasteiger partial charge is 0.319 e. The number of rotatable bonds is 5. The van der Waals surface area contributed by atoms with Gasteiger partial charge < -0.3 is 20.3 Å². The van der Waals surface area contributed by atoms with Gasteiger partial charge in [0.1, 0.15) is 12.5 Å². The zero-order valence-electron chi connectivity index (χ0n) is 17.4. The summed E-state index contributed by atoms with van der Waals surface area (Å²) in [6, 6.07) is 6.45. The van der Waals surface area contributed by atoms with Gasteiger partial charge in [-0.25, -0.2) is 27.6 Å². The van der Waals surface area contributed by atoms with Crippen LogP contribution < -0.4 is 15.5 Å². The zero-order chi connectivity index (χ0) is 22.3. The maximum atomic E-state index is 12.4. The maximum Gasteiger partial charge on any atom is 0.319 e. The molecule has 1 aromatic heterocycles. The predicted octanol–water partition coefficient (Wildman–Crippen LogP) is 2.03. The van der Waals surface area contributed by atoms with E-state index in [4.69, 9.17) is 9.72 Å². The molecule has 2 fully saturated rings. The Morgan fingerprint density at radius 2 is 1.84 bits per heavy atom. The highest BCUT2D eigenvalue weighted by Gasteiger charge is 2.38. The van der Waals surface area contributed by atoms with E-state index in [9.17, 15) is 17.6 Å². The van der Waals surface area contributed by atoms with E-state index in [0.717, 1.165) is 12.8 Å². The molecule has 170 valence electrons. The second-order valence-corrected chi connectivity index (χ2v) is 10.4. The van der Waals surface area contributed by atoms with Crippen molar-refractivity contribution in [2.24, 2.45) is 0 Å². The Bertz CT molecular complexity index is 1130. The molecule has 0 aliphatic carbocycles. The number of benzene rings is 1. The van der Waals surface area contributed by atoms with Crippen LogP contribution in [0.3, 0.4) is 0 Å². The number of urea groups is 1. The van der Waals surface area contributed by atoms with Crippen LogP contribution in [0.1, 0.15) is 24.1 Å². The molecule has 5 rings (SSSR count). The van der Waals surface area contributed by atoms with E-state index in [1.807, 2.05) is 0 Å². The second kappa shape index (κ2) is 8.28. The number of nitrogens with one attached hydrogen (secondary N) is 2. The molecule has 3 aliphatic rings. The molecule has 0 saturated carbocycles. The molecule has 2 aromatic rings. The van der Waals surface area contributed by atoms with E-state index in [2.05, 4.69) is 20.5 Å². The van der Waals surface area contributed by atoms with Crippen LogP contribution in [-0.4, -0.2) is 62.9 Å². The minimum atomic E-state index is -3.25. The number of carbonyl (C=O) groups excluding carboxylic acids is 1. The highest BCUT2D eigenvalue weighted by Crippen LogP contribution is 2.36. The third-order valence-corrected chi connectivity index (χ3v) is 7.36. The molecule has 2 bridgehead atoms. The molecule has 2 atom stereocenters. The lowest BCUT2D eigenvalue weighted by Crippen LogP contribution is -2.43. The lowest BCUT2D eigenvalue weighted by molar-refractivity contribution is 0.0302. The van der Waals surface area contributed by atoms with Crippen LogP contribution in [0.25, 0.3) is 11.4 Å². The number of hydrogen-bond acceptors (Lipinski definition) is 7. The summed E-state index contributed by atoms with van der Waals surface area (Å²) in [5.41, 5.74) is 2.50. The van der Waals surface area contributed by atoms with E-state index >= 15 is 0 Å². The van der Waals surface area contributed by atoms with Crippen LogP contribution in [0, 0.1) is 0 Å². The number of carbonyl (C=O) groups is 1. The minimum Gasteiger partial charge on any atom is -0.371 e. The number of nitrogens with zero attached hydrogens (tertiary/aromatic N) is 3. The molecule has 2 amide bonds. The van der Waals surface area contributed by atoms with Gasteiger partial charge >= 0.3 is 6.03 Å². The van der Waals surface area contributed by atoms with Crippen molar-refractivity contribution in [2.75, 3.05) is 36.5 Å². The molecule has 0 radical (unpaired) electrons. The van der Waals surface area contributed by atoms with Gasteiger partial charge in [-0.15, -0.1) is 0 Å². The number of morpholine rings is 1. The molecular weight excluding hydrogens is 437 g/mol. The number of ether oxygens (including phenoxy) is 1. The van der Waals surface area contributed by atoms with Gasteiger partial charge in [0.05, 0.1) is 29.4 Å².